The Balaban J connectivity index is 2.20. The van der Waals surface area contributed by atoms with Crippen LogP contribution in [0.3, 0.4) is 0 Å². The maximum Gasteiger partial charge on any atom is 0.315 e. The molecule has 1 rings (SSSR count). The molecule has 0 aliphatic heterocycles. The van der Waals surface area contributed by atoms with Gasteiger partial charge < -0.3 is 15.7 Å². The summed E-state index contributed by atoms with van der Waals surface area (Å²) >= 11 is 0. The smallest absolute Gasteiger partial charge is 0.315 e. The first-order valence-corrected chi connectivity index (χ1v) is 5.70. The molecule has 1 unspecified atom stereocenters. The third-order valence-corrected chi connectivity index (χ3v) is 2.34. The topological polar surface area (TPSA) is 91.3 Å². The molecule has 18 heavy (non-hydrogen) atoms. The Labute approximate surface area is 105 Å². The van der Waals surface area contributed by atoms with E-state index in [0.717, 1.165) is 5.56 Å². The number of urea groups is 1. The lowest BCUT2D eigenvalue weighted by atomic mass is 10.1. The third-order valence-electron chi connectivity index (χ3n) is 2.34. The minimum Gasteiger partial charge on any atom is -0.481 e. The lowest BCUT2D eigenvalue weighted by Gasteiger charge is -2.11. The molecule has 1 aromatic rings. The van der Waals surface area contributed by atoms with Crippen LogP contribution >= 0.6 is 0 Å². The Kier molecular flexibility index (Phi) is 5.63. The van der Waals surface area contributed by atoms with Crippen molar-refractivity contribution >= 4 is 12.0 Å². The van der Waals surface area contributed by atoms with Gasteiger partial charge in [0.05, 0.1) is 0 Å². The molecule has 0 radical (unpaired) electrons. The lowest BCUT2D eigenvalue weighted by Crippen LogP contribution is -2.37. The standard InChI is InChI=1S/C12H17N3O3/c1-9(6-11(16)17)7-14-12(18)15-8-10-2-4-13-5-3-10/h2-5,9H,6-8H2,1H3,(H,16,17)(H2,14,15,18). The normalized spacial score (nSPS) is 11.6. The fraction of sp³-hybridized carbons (Fsp3) is 0.417. The maximum atomic E-state index is 11.4. The van der Waals surface area contributed by atoms with Gasteiger partial charge in [-0.15, -0.1) is 0 Å². The largest absolute Gasteiger partial charge is 0.481 e. The summed E-state index contributed by atoms with van der Waals surface area (Å²) in [4.78, 5) is 25.7. The Morgan fingerprint density at radius 2 is 2.00 bits per heavy atom. The second-order valence-electron chi connectivity index (χ2n) is 4.12. The van der Waals surface area contributed by atoms with E-state index in [2.05, 4.69) is 15.6 Å². The highest BCUT2D eigenvalue weighted by molar-refractivity contribution is 5.74. The minimum absolute atomic E-state index is 0.0463. The highest BCUT2D eigenvalue weighted by atomic mass is 16.4. The molecule has 2 amide bonds. The summed E-state index contributed by atoms with van der Waals surface area (Å²) in [5.41, 5.74) is 0.957. The number of hydrogen-bond donors (Lipinski definition) is 3. The highest BCUT2D eigenvalue weighted by Gasteiger charge is 2.08. The van der Waals surface area contributed by atoms with Crippen molar-refractivity contribution in [2.24, 2.45) is 5.92 Å². The zero-order valence-electron chi connectivity index (χ0n) is 10.2. The molecule has 0 fully saturated rings. The van der Waals surface area contributed by atoms with Gasteiger partial charge >= 0.3 is 12.0 Å². The van der Waals surface area contributed by atoms with E-state index < -0.39 is 5.97 Å². The summed E-state index contributed by atoms with van der Waals surface area (Å²) < 4.78 is 0. The molecule has 0 spiro atoms. The van der Waals surface area contributed by atoms with Gasteiger partial charge in [0, 0.05) is 31.9 Å². The number of carbonyl (C=O) groups is 2. The zero-order chi connectivity index (χ0) is 13.4. The van der Waals surface area contributed by atoms with Gasteiger partial charge in [-0.2, -0.15) is 0 Å². The van der Waals surface area contributed by atoms with Gasteiger partial charge in [-0.1, -0.05) is 6.92 Å². The Hall–Kier alpha value is -2.11. The van der Waals surface area contributed by atoms with E-state index in [1.165, 1.54) is 0 Å². The van der Waals surface area contributed by atoms with Crippen LogP contribution in [0, 0.1) is 5.92 Å². The fourth-order valence-electron chi connectivity index (χ4n) is 1.38. The summed E-state index contributed by atoms with van der Waals surface area (Å²) in [6.07, 6.45) is 3.36. The molecule has 0 aromatic carbocycles. The van der Waals surface area contributed by atoms with Gasteiger partial charge in [0.1, 0.15) is 0 Å². The number of pyridine rings is 1. The number of aromatic nitrogens is 1. The van der Waals surface area contributed by atoms with Crippen LogP contribution < -0.4 is 10.6 Å². The fourth-order valence-corrected chi connectivity index (χ4v) is 1.38. The van der Waals surface area contributed by atoms with Crippen LogP contribution in [0.1, 0.15) is 18.9 Å². The average molecular weight is 251 g/mol. The van der Waals surface area contributed by atoms with Crippen LogP contribution in [0.5, 0.6) is 0 Å². The SMILES string of the molecule is CC(CNC(=O)NCc1ccncc1)CC(=O)O. The lowest BCUT2D eigenvalue weighted by molar-refractivity contribution is -0.137. The average Bonchev–Trinajstić information content (AvgIpc) is 2.34. The monoisotopic (exact) mass is 251 g/mol. The molecule has 0 bridgehead atoms. The van der Waals surface area contributed by atoms with Crippen LogP contribution in [-0.4, -0.2) is 28.6 Å². The minimum atomic E-state index is -0.860. The Bertz CT molecular complexity index is 395. The Morgan fingerprint density at radius 3 is 2.61 bits per heavy atom. The van der Waals surface area contributed by atoms with Crippen LogP contribution in [0.15, 0.2) is 24.5 Å². The van der Waals surface area contributed by atoms with Crippen molar-refractivity contribution in [3.8, 4) is 0 Å². The molecule has 3 N–H and O–H groups in total. The predicted molar refractivity (Wildman–Crippen MR) is 65.9 cm³/mol. The van der Waals surface area contributed by atoms with Gasteiger partial charge in [-0.25, -0.2) is 4.79 Å². The number of aliphatic carboxylic acids is 1. The second-order valence-corrected chi connectivity index (χ2v) is 4.12. The predicted octanol–water partition coefficient (Wildman–Crippen LogP) is 0.992. The molecule has 1 heterocycles. The van der Waals surface area contributed by atoms with E-state index in [1.807, 2.05) is 12.1 Å². The number of nitrogens with one attached hydrogen (secondary N) is 2. The number of carboxylic acid groups (broad SMARTS) is 1. The van der Waals surface area contributed by atoms with Crippen molar-refractivity contribution in [3.05, 3.63) is 30.1 Å². The van der Waals surface area contributed by atoms with E-state index in [-0.39, 0.29) is 18.4 Å². The van der Waals surface area contributed by atoms with Crippen molar-refractivity contribution < 1.29 is 14.7 Å². The number of carboxylic acids is 1. The third kappa shape index (κ3) is 5.83. The highest BCUT2D eigenvalue weighted by Crippen LogP contribution is 1.99. The second kappa shape index (κ2) is 7.26. The molecular weight excluding hydrogens is 234 g/mol. The van der Waals surface area contributed by atoms with Crippen LogP contribution in [-0.2, 0) is 11.3 Å². The first-order valence-electron chi connectivity index (χ1n) is 5.70. The van der Waals surface area contributed by atoms with Crippen molar-refractivity contribution in [2.75, 3.05) is 6.54 Å². The van der Waals surface area contributed by atoms with E-state index in [0.29, 0.717) is 13.1 Å². The van der Waals surface area contributed by atoms with Crippen molar-refractivity contribution in [3.63, 3.8) is 0 Å². The maximum absolute atomic E-state index is 11.4. The van der Waals surface area contributed by atoms with Gasteiger partial charge in [0.2, 0.25) is 0 Å². The number of nitrogens with zero attached hydrogens (tertiary/aromatic N) is 1. The van der Waals surface area contributed by atoms with Gasteiger partial charge in [-0.3, -0.25) is 9.78 Å². The summed E-state index contributed by atoms with van der Waals surface area (Å²) in [6, 6.07) is 3.32. The number of hydrogen-bond acceptors (Lipinski definition) is 3. The van der Waals surface area contributed by atoms with Gasteiger partial charge in [-0.05, 0) is 23.6 Å². The molecule has 0 aliphatic rings. The first kappa shape index (κ1) is 14.0. The van der Waals surface area contributed by atoms with E-state index in [4.69, 9.17) is 5.11 Å². The van der Waals surface area contributed by atoms with E-state index in [1.54, 1.807) is 19.3 Å². The molecule has 6 heteroatoms. The number of rotatable bonds is 6. The van der Waals surface area contributed by atoms with Crippen molar-refractivity contribution in [1.29, 1.82) is 0 Å². The molecule has 6 nitrogen and oxygen atoms in total. The molecule has 1 atom stereocenters. The number of carbonyl (C=O) groups excluding carboxylic acids is 1. The molecule has 1 aromatic heterocycles. The zero-order valence-corrected chi connectivity index (χ0v) is 10.2. The molecule has 0 saturated heterocycles. The summed E-state index contributed by atoms with van der Waals surface area (Å²) in [7, 11) is 0. The quantitative estimate of drug-likeness (QED) is 0.703. The van der Waals surface area contributed by atoms with Crippen LogP contribution in [0.2, 0.25) is 0 Å². The van der Waals surface area contributed by atoms with Crippen LogP contribution in [0.25, 0.3) is 0 Å². The van der Waals surface area contributed by atoms with Crippen LogP contribution in [0.4, 0.5) is 4.79 Å². The van der Waals surface area contributed by atoms with Crippen molar-refractivity contribution in [2.45, 2.75) is 19.9 Å². The Morgan fingerprint density at radius 1 is 1.33 bits per heavy atom. The molecular formula is C12H17N3O3. The molecule has 0 saturated carbocycles. The van der Waals surface area contributed by atoms with Gasteiger partial charge in [0.15, 0.2) is 0 Å². The summed E-state index contributed by atoms with van der Waals surface area (Å²) in [5, 5.41) is 13.9. The van der Waals surface area contributed by atoms with E-state index >= 15 is 0 Å². The molecule has 0 aliphatic carbocycles. The summed E-state index contributed by atoms with van der Waals surface area (Å²) in [5.74, 6) is -0.948. The van der Waals surface area contributed by atoms with Gasteiger partial charge in [0.25, 0.3) is 0 Å². The van der Waals surface area contributed by atoms with Crippen molar-refractivity contribution in [1.82, 2.24) is 15.6 Å². The van der Waals surface area contributed by atoms with E-state index in [9.17, 15) is 9.59 Å². The molecule has 98 valence electrons. The first-order chi connectivity index (χ1) is 8.58. The number of amides is 2. The summed E-state index contributed by atoms with van der Waals surface area (Å²) in [6.45, 7) is 2.54.